The molecule has 1 aromatic carbocycles. The van der Waals surface area contributed by atoms with Gasteiger partial charge in [-0.1, -0.05) is 49.6 Å². The van der Waals surface area contributed by atoms with Crippen LogP contribution in [0.4, 0.5) is 11.6 Å². The fourth-order valence-electron chi connectivity index (χ4n) is 5.00. The third-order valence-corrected chi connectivity index (χ3v) is 6.77. The Labute approximate surface area is 200 Å². The van der Waals surface area contributed by atoms with Crippen LogP contribution in [-0.2, 0) is 0 Å². The van der Waals surface area contributed by atoms with E-state index in [4.69, 9.17) is 10.7 Å². The number of nitrogens with zero attached hydrogens (tertiary/aromatic N) is 3. The predicted molar refractivity (Wildman–Crippen MR) is 137 cm³/mol. The van der Waals surface area contributed by atoms with Crippen molar-refractivity contribution < 1.29 is 4.79 Å². The maximum Gasteiger partial charge on any atom is 0.249 e. The highest BCUT2D eigenvalue weighted by Gasteiger charge is 2.23. The van der Waals surface area contributed by atoms with Crippen LogP contribution >= 0.6 is 0 Å². The molecule has 7 heteroatoms. The van der Waals surface area contributed by atoms with Crippen molar-refractivity contribution in [1.82, 2.24) is 15.3 Å². The third-order valence-electron chi connectivity index (χ3n) is 6.77. The Morgan fingerprint density at radius 1 is 1.00 bits per heavy atom. The van der Waals surface area contributed by atoms with E-state index in [0.29, 0.717) is 11.6 Å². The molecular formula is C27H32N6O. The second-order valence-electron chi connectivity index (χ2n) is 9.13. The Morgan fingerprint density at radius 2 is 1.76 bits per heavy atom. The molecule has 4 N–H and O–H groups in total. The number of anilines is 2. The summed E-state index contributed by atoms with van der Waals surface area (Å²) >= 11 is 0. The average molecular weight is 457 g/mol. The van der Waals surface area contributed by atoms with Gasteiger partial charge < -0.3 is 21.3 Å². The van der Waals surface area contributed by atoms with Crippen molar-refractivity contribution in [2.75, 3.05) is 36.4 Å². The van der Waals surface area contributed by atoms with Crippen molar-refractivity contribution in [2.24, 2.45) is 5.73 Å². The Morgan fingerprint density at radius 3 is 2.50 bits per heavy atom. The highest BCUT2D eigenvalue weighted by atomic mass is 16.1. The Kier molecular flexibility index (Phi) is 6.72. The van der Waals surface area contributed by atoms with Crippen LogP contribution in [0.1, 0.15) is 42.5 Å². The molecule has 2 aliphatic rings. The van der Waals surface area contributed by atoms with Gasteiger partial charge in [-0.05, 0) is 36.6 Å². The van der Waals surface area contributed by atoms with E-state index in [9.17, 15) is 4.79 Å². The average Bonchev–Trinajstić information content (AvgIpc) is 2.89. The molecule has 1 aliphatic carbocycles. The zero-order valence-electron chi connectivity index (χ0n) is 19.5. The maximum atomic E-state index is 12.7. The molecule has 0 radical (unpaired) electrons. The number of aromatic nitrogens is 2. The number of nitrogens with two attached hydrogens (primary N) is 1. The SMILES string of the molecule is NC(=O)c1cc(N2CCNCC2)nc(-c2ccnc(NC3CCCCC3)c2)c1-c1ccccc1. The zero-order valence-corrected chi connectivity index (χ0v) is 19.5. The summed E-state index contributed by atoms with van der Waals surface area (Å²) in [5.41, 5.74) is 9.78. The van der Waals surface area contributed by atoms with Crippen LogP contribution in [0.2, 0.25) is 0 Å². The van der Waals surface area contributed by atoms with Crippen molar-refractivity contribution in [1.29, 1.82) is 0 Å². The lowest BCUT2D eigenvalue weighted by Gasteiger charge is -2.29. The number of primary amides is 1. The maximum absolute atomic E-state index is 12.7. The van der Waals surface area contributed by atoms with Gasteiger partial charge in [0.15, 0.2) is 0 Å². The number of amides is 1. The van der Waals surface area contributed by atoms with E-state index < -0.39 is 5.91 Å². The van der Waals surface area contributed by atoms with Gasteiger partial charge in [-0.25, -0.2) is 9.97 Å². The van der Waals surface area contributed by atoms with E-state index in [1.54, 1.807) is 0 Å². The Balaban J connectivity index is 1.62. The van der Waals surface area contributed by atoms with Crippen molar-refractivity contribution in [3.8, 4) is 22.4 Å². The minimum Gasteiger partial charge on any atom is -0.367 e. The van der Waals surface area contributed by atoms with Crippen molar-refractivity contribution in [3.63, 3.8) is 0 Å². The summed E-state index contributed by atoms with van der Waals surface area (Å²) in [4.78, 5) is 24.6. The van der Waals surface area contributed by atoms with E-state index in [1.807, 2.05) is 48.7 Å². The van der Waals surface area contributed by atoms with Gasteiger partial charge in [-0.2, -0.15) is 0 Å². The van der Waals surface area contributed by atoms with E-state index in [2.05, 4.69) is 26.6 Å². The second-order valence-corrected chi connectivity index (χ2v) is 9.13. The fraction of sp³-hybridized carbons (Fsp3) is 0.370. The topological polar surface area (TPSA) is 96.2 Å². The van der Waals surface area contributed by atoms with E-state index >= 15 is 0 Å². The zero-order chi connectivity index (χ0) is 23.3. The van der Waals surface area contributed by atoms with Gasteiger partial charge >= 0.3 is 0 Å². The fourth-order valence-corrected chi connectivity index (χ4v) is 5.00. The van der Waals surface area contributed by atoms with Gasteiger partial charge in [-0.15, -0.1) is 0 Å². The minimum absolute atomic E-state index is 0.450. The number of carbonyl (C=O) groups is 1. The second kappa shape index (κ2) is 10.2. The van der Waals surface area contributed by atoms with Crippen LogP contribution in [-0.4, -0.2) is 48.1 Å². The molecule has 34 heavy (non-hydrogen) atoms. The Hall–Kier alpha value is -3.45. The first-order valence-electron chi connectivity index (χ1n) is 12.3. The molecule has 1 amide bonds. The molecule has 176 valence electrons. The lowest BCUT2D eigenvalue weighted by molar-refractivity contribution is 0.100. The van der Waals surface area contributed by atoms with Crippen LogP contribution in [0, 0.1) is 0 Å². The lowest BCUT2D eigenvalue weighted by atomic mass is 9.94. The molecule has 0 bridgehead atoms. The van der Waals surface area contributed by atoms with Gasteiger partial charge in [0, 0.05) is 49.5 Å². The summed E-state index contributed by atoms with van der Waals surface area (Å²) in [5, 5.41) is 6.99. The molecule has 0 spiro atoms. The number of benzene rings is 1. The molecule has 1 saturated heterocycles. The molecule has 7 nitrogen and oxygen atoms in total. The molecule has 2 aromatic heterocycles. The summed E-state index contributed by atoms with van der Waals surface area (Å²) < 4.78 is 0. The van der Waals surface area contributed by atoms with Gasteiger partial charge in [0.2, 0.25) is 5.91 Å². The third kappa shape index (κ3) is 4.89. The van der Waals surface area contributed by atoms with Crippen molar-refractivity contribution in [3.05, 3.63) is 60.3 Å². The van der Waals surface area contributed by atoms with Gasteiger partial charge in [-0.3, -0.25) is 4.79 Å². The summed E-state index contributed by atoms with van der Waals surface area (Å²) in [6, 6.07) is 16.2. The monoisotopic (exact) mass is 456 g/mol. The molecular weight excluding hydrogens is 424 g/mol. The first kappa shape index (κ1) is 22.3. The van der Waals surface area contributed by atoms with Gasteiger partial charge in [0.05, 0.1) is 11.3 Å². The van der Waals surface area contributed by atoms with E-state index in [-0.39, 0.29) is 0 Å². The van der Waals surface area contributed by atoms with Crippen LogP contribution in [0.5, 0.6) is 0 Å². The number of hydrogen-bond acceptors (Lipinski definition) is 6. The number of hydrogen-bond donors (Lipinski definition) is 3. The molecule has 0 atom stereocenters. The lowest BCUT2D eigenvalue weighted by Crippen LogP contribution is -2.44. The number of rotatable bonds is 6. The normalized spacial score (nSPS) is 16.9. The number of carbonyl (C=O) groups excluding carboxylic acids is 1. The van der Waals surface area contributed by atoms with Crippen molar-refractivity contribution >= 4 is 17.5 Å². The number of nitrogens with one attached hydrogen (secondary N) is 2. The summed E-state index contributed by atoms with van der Waals surface area (Å²) in [5.74, 6) is 1.18. The highest BCUT2D eigenvalue weighted by molar-refractivity contribution is 6.04. The predicted octanol–water partition coefficient (Wildman–Crippen LogP) is 4.06. The first-order valence-corrected chi connectivity index (χ1v) is 12.3. The quantitative estimate of drug-likeness (QED) is 0.518. The molecule has 2 fully saturated rings. The molecule has 5 rings (SSSR count). The van der Waals surface area contributed by atoms with E-state index in [0.717, 1.165) is 60.2 Å². The largest absolute Gasteiger partial charge is 0.367 e. The summed E-state index contributed by atoms with van der Waals surface area (Å²) in [6.45, 7) is 3.43. The molecule has 1 aliphatic heterocycles. The number of piperazine rings is 1. The van der Waals surface area contributed by atoms with Crippen LogP contribution in [0.3, 0.4) is 0 Å². The Bertz CT molecular complexity index is 1140. The number of pyridine rings is 2. The van der Waals surface area contributed by atoms with Crippen LogP contribution in [0.15, 0.2) is 54.7 Å². The first-order chi connectivity index (χ1) is 16.7. The van der Waals surface area contributed by atoms with E-state index in [1.165, 1.54) is 32.1 Å². The minimum atomic E-state index is -0.450. The molecule has 3 heterocycles. The highest BCUT2D eigenvalue weighted by Crippen LogP contribution is 2.37. The molecule has 0 unspecified atom stereocenters. The summed E-state index contributed by atoms with van der Waals surface area (Å²) in [7, 11) is 0. The smallest absolute Gasteiger partial charge is 0.249 e. The van der Waals surface area contributed by atoms with Crippen molar-refractivity contribution in [2.45, 2.75) is 38.1 Å². The van der Waals surface area contributed by atoms with Crippen LogP contribution < -0.4 is 21.3 Å². The standard InChI is InChI=1S/C27H32N6O/c28-27(34)22-18-24(33-15-13-29-14-16-33)32-26(25(22)19-7-3-1-4-8-19)20-11-12-30-23(17-20)31-21-9-5-2-6-10-21/h1,3-4,7-8,11-12,17-18,21,29H,2,5-6,9-10,13-16H2,(H2,28,34)(H,30,31). The van der Waals surface area contributed by atoms with Crippen LogP contribution in [0.25, 0.3) is 22.4 Å². The van der Waals surface area contributed by atoms with Gasteiger partial charge in [0.25, 0.3) is 0 Å². The summed E-state index contributed by atoms with van der Waals surface area (Å²) in [6.07, 6.45) is 7.98. The molecule has 3 aromatic rings. The molecule has 1 saturated carbocycles. The van der Waals surface area contributed by atoms with Gasteiger partial charge in [0.1, 0.15) is 11.6 Å².